The van der Waals surface area contributed by atoms with Gasteiger partial charge in [0.1, 0.15) is 0 Å². The molecule has 0 atom stereocenters. The average molecular weight is 375 g/mol. The van der Waals surface area contributed by atoms with Gasteiger partial charge in [-0.25, -0.2) is 4.68 Å². The van der Waals surface area contributed by atoms with Crippen molar-refractivity contribution in [2.75, 3.05) is 6.79 Å². The van der Waals surface area contributed by atoms with Gasteiger partial charge in [0.2, 0.25) is 6.79 Å². The highest BCUT2D eigenvalue weighted by molar-refractivity contribution is 6.35. The summed E-state index contributed by atoms with van der Waals surface area (Å²) in [5, 5.41) is 5.48. The predicted molar refractivity (Wildman–Crippen MR) is 95.6 cm³/mol. The minimum atomic E-state index is -0.212. The zero-order valence-electron chi connectivity index (χ0n) is 12.9. The Morgan fingerprint density at radius 3 is 2.68 bits per heavy atom. The van der Waals surface area contributed by atoms with Gasteiger partial charge in [0.25, 0.3) is 5.56 Å². The molecule has 0 unspecified atom stereocenters. The van der Waals surface area contributed by atoms with Gasteiger partial charge in [0.05, 0.1) is 12.2 Å². The van der Waals surface area contributed by atoms with E-state index in [1.807, 2.05) is 18.2 Å². The van der Waals surface area contributed by atoms with E-state index in [1.54, 1.807) is 24.3 Å². The molecule has 7 heteroatoms. The van der Waals surface area contributed by atoms with Crippen molar-refractivity contribution in [1.29, 1.82) is 0 Å². The summed E-state index contributed by atoms with van der Waals surface area (Å²) in [6.07, 6.45) is 0. The number of rotatable bonds is 3. The van der Waals surface area contributed by atoms with Crippen molar-refractivity contribution in [1.82, 2.24) is 9.78 Å². The number of fused-ring (bicyclic) bond motifs is 1. The van der Waals surface area contributed by atoms with Crippen LogP contribution in [0.3, 0.4) is 0 Å². The van der Waals surface area contributed by atoms with E-state index < -0.39 is 0 Å². The maximum atomic E-state index is 12.2. The lowest BCUT2D eigenvalue weighted by molar-refractivity contribution is 0.174. The van der Waals surface area contributed by atoms with Crippen LogP contribution in [-0.2, 0) is 6.54 Å². The Balaban J connectivity index is 1.70. The molecule has 4 rings (SSSR count). The normalized spacial score (nSPS) is 12.4. The number of ether oxygens (including phenoxy) is 2. The van der Waals surface area contributed by atoms with E-state index in [9.17, 15) is 4.79 Å². The van der Waals surface area contributed by atoms with Crippen LogP contribution in [-0.4, -0.2) is 16.6 Å². The minimum absolute atomic E-state index is 0.209. The highest BCUT2D eigenvalue weighted by Gasteiger charge is 2.15. The Kier molecular flexibility index (Phi) is 4.11. The van der Waals surface area contributed by atoms with E-state index in [4.69, 9.17) is 32.7 Å². The predicted octanol–water partition coefficient (Wildman–Crippen LogP) is 3.99. The molecule has 5 nitrogen and oxygen atoms in total. The Bertz CT molecular complexity index is 1020. The molecule has 126 valence electrons. The van der Waals surface area contributed by atoms with Crippen LogP contribution in [0, 0.1) is 0 Å². The molecule has 1 aliphatic rings. The minimum Gasteiger partial charge on any atom is -0.454 e. The third-order valence-corrected chi connectivity index (χ3v) is 4.46. The molecule has 0 fully saturated rings. The van der Waals surface area contributed by atoms with Gasteiger partial charge < -0.3 is 9.47 Å². The van der Waals surface area contributed by atoms with Crippen LogP contribution >= 0.6 is 23.2 Å². The highest BCUT2D eigenvalue weighted by atomic mass is 35.5. The molecule has 0 N–H and O–H groups in total. The number of hydrogen-bond donors (Lipinski definition) is 0. The van der Waals surface area contributed by atoms with Crippen LogP contribution in [0.5, 0.6) is 11.5 Å². The monoisotopic (exact) mass is 374 g/mol. The molecule has 0 bridgehead atoms. The second-order valence-electron chi connectivity index (χ2n) is 5.52. The van der Waals surface area contributed by atoms with Gasteiger partial charge in [-0.15, -0.1) is 0 Å². The van der Waals surface area contributed by atoms with E-state index in [2.05, 4.69) is 5.10 Å². The second kappa shape index (κ2) is 6.43. The van der Waals surface area contributed by atoms with Crippen LogP contribution in [0.4, 0.5) is 0 Å². The van der Waals surface area contributed by atoms with Crippen molar-refractivity contribution in [3.05, 3.63) is 74.5 Å². The van der Waals surface area contributed by atoms with Crippen LogP contribution in [0.1, 0.15) is 5.56 Å². The van der Waals surface area contributed by atoms with Gasteiger partial charge in [-0.1, -0.05) is 29.3 Å². The molecule has 25 heavy (non-hydrogen) atoms. The van der Waals surface area contributed by atoms with Crippen LogP contribution < -0.4 is 15.0 Å². The van der Waals surface area contributed by atoms with Crippen molar-refractivity contribution in [3.8, 4) is 22.8 Å². The molecule has 0 amide bonds. The van der Waals surface area contributed by atoms with E-state index >= 15 is 0 Å². The van der Waals surface area contributed by atoms with Crippen LogP contribution in [0.15, 0.2) is 53.3 Å². The van der Waals surface area contributed by atoms with Crippen molar-refractivity contribution in [2.24, 2.45) is 0 Å². The number of benzene rings is 2. The maximum Gasteiger partial charge on any atom is 0.267 e. The van der Waals surface area contributed by atoms with Crippen molar-refractivity contribution < 1.29 is 9.47 Å². The summed E-state index contributed by atoms with van der Waals surface area (Å²) in [7, 11) is 0. The molecule has 0 saturated carbocycles. The number of nitrogens with zero attached hydrogens (tertiary/aromatic N) is 2. The summed E-state index contributed by atoms with van der Waals surface area (Å²) < 4.78 is 12.1. The average Bonchev–Trinajstić information content (AvgIpc) is 3.06. The van der Waals surface area contributed by atoms with Gasteiger partial charge in [0, 0.05) is 21.7 Å². The fourth-order valence-electron chi connectivity index (χ4n) is 2.58. The molecule has 3 aromatic rings. The summed E-state index contributed by atoms with van der Waals surface area (Å²) in [5.41, 5.74) is 2.04. The number of halogens is 2. The molecule has 0 saturated heterocycles. The first-order valence-corrected chi connectivity index (χ1v) is 8.28. The molecular weight excluding hydrogens is 363 g/mol. The third-order valence-electron chi connectivity index (χ3n) is 3.87. The molecular formula is C18H12Cl2N2O3. The van der Waals surface area contributed by atoms with Crippen molar-refractivity contribution in [2.45, 2.75) is 6.54 Å². The lowest BCUT2D eigenvalue weighted by atomic mass is 10.1. The number of aromatic nitrogens is 2. The van der Waals surface area contributed by atoms with Gasteiger partial charge in [-0.05, 0) is 42.0 Å². The quantitative estimate of drug-likeness (QED) is 0.695. The summed E-state index contributed by atoms with van der Waals surface area (Å²) >= 11 is 12.1. The first kappa shape index (κ1) is 16.0. The third kappa shape index (κ3) is 3.21. The largest absolute Gasteiger partial charge is 0.454 e. The lowest BCUT2D eigenvalue weighted by Gasteiger charge is -2.09. The zero-order chi connectivity index (χ0) is 17.4. The summed E-state index contributed by atoms with van der Waals surface area (Å²) in [6.45, 7) is 0.466. The Labute approximate surface area is 153 Å². The Morgan fingerprint density at radius 2 is 1.84 bits per heavy atom. The maximum absolute atomic E-state index is 12.2. The molecule has 1 aliphatic heterocycles. The molecule has 0 aliphatic carbocycles. The molecule has 0 spiro atoms. The van der Waals surface area contributed by atoms with Gasteiger partial charge in [-0.2, -0.15) is 5.10 Å². The Hall–Kier alpha value is -2.50. The zero-order valence-corrected chi connectivity index (χ0v) is 14.4. The second-order valence-corrected chi connectivity index (χ2v) is 6.36. The molecule has 2 heterocycles. The van der Waals surface area contributed by atoms with E-state index in [0.29, 0.717) is 27.2 Å². The van der Waals surface area contributed by atoms with Crippen molar-refractivity contribution >= 4 is 23.2 Å². The fraction of sp³-hybridized carbons (Fsp3) is 0.111. The van der Waals surface area contributed by atoms with Gasteiger partial charge in [-0.3, -0.25) is 4.79 Å². The van der Waals surface area contributed by atoms with Crippen molar-refractivity contribution in [3.63, 3.8) is 0 Å². The standard InChI is InChI=1S/C18H12Cl2N2O3/c19-13-3-1-12(14(20)8-13)9-22-18(23)6-4-15(21-22)11-2-5-16-17(7-11)25-10-24-16/h1-8H,9-10H2. The van der Waals surface area contributed by atoms with E-state index in [-0.39, 0.29) is 18.9 Å². The number of hydrogen-bond acceptors (Lipinski definition) is 4. The van der Waals surface area contributed by atoms with E-state index in [1.165, 1.54) is 10.7 Å². The van der Waals surface area contributed by atoms with Crippen LogP contribution in [0.25, 0.3) is 11.3 Å². The highest BCUT2D eigenvalue weighted by Crippen LogP contribution is 2.35. The lowest BCUT2D eigenvalue weighted by Crippen LogP contribution is -2.23. The Morgan fingerprint density at radius 1 is 1.00 bits per heavy atom. The van der Waals surface area contributed by atoms with Crippen LogP contribution in [0.2, 0.25) is 10.0 Å². The first-order chi connectivity index (χ1) is 12.1. The fourth-order valence-corrected chi connectivity index (χ4v) is 3.05. The molecule has 0 radical (unpaired) electrons. The van der Waals surface area contributed by atoms with E-state index in [0.717, 1.165) is 11.1 Å². The SMILES string of the molecule is O=c1ccc(-c2ccc3c(c2)OCO3)nn1Cc1ccc(Cl)cc1Cl. The summed E-state index contributed by atoms with van der Waals surface area (Å²) in [6, 6.07) is 13.9. The van der Waals surface area contributed by atoms with Gasteiger partial charge in [0.15, 0.2) is 11.5 Å². The first-order valence-electron chi connectivity index (χ1n) is 7.52. The smallest absolute Gasteiger partial charge is 0.267 e. The molecule has 1 aromatic heterocycles. The molecule has 2 aromatic carbocycles. The summed E-state index contributed by atoms with van der Waals surface area (Å²) in [5.74, 6) is 1.36. The van der Waals surface area contributed by atoms with Gasteiger partial charge >= 0.3 is 0 Å². The topological polar surface area (TPSA) is 53.4 Å². The summed E-state index contributed by atoms with van der Waals surface area (Å²) in [4.78, 5) is 12.2.